The van der Waals surface area contributed by atoms with Gasteiger partial charge in [0.05, 0.1) is 0 Å². The fourth-order valence-corrected chi connectivity index (χ4v) is 4.84. The zero-order valence-electron chi connectivity index (χ0n) is 12.6. The summed E-state index contributed by atoms with van der Waals surface area (Å²) < 4.78 is 32.3. The molecule has 1 saturated heterocycles. The number of hydrogen-bond donors (Lipinski definition) is 1. The van der Waals surface area contributed by atoms with Crippen molar-refractivity contribution >= 4 is 27.3 Å². The summed E-state index contributed by atoms with van der Waals surface area (Å²) in [5, 5.41) is 5.46. The number of nitrogens with zero attached hydrogens (tertiary/aromatic N) is 2. The molecule has 9 heteroatoms. The van der Waals surface area contributed by atoms with Gasteiger partial charge in [-0.05, 0) is 31.2 Å². The summed E-state index contributed by atoms with van der Waals surface area (Å²) in [6.45, 7) is 2.71. The van der Waals surface area contributed by atoms with Crippen molar-refractivity contribution in [3.8, 4) is 0 Å². The Kier molecular flexibility index (Phi) is 4.51. The lowest BCUT2D eigenvalue weighted by Gasteiger charge is -2.31. The standard InChI is InChI=1S/C14H17N3O4S2/c1-10-9-12(15-21-10)14(18)17-6-4-11(5-7-17)16-23(19,20)13-3-2-8-22-13/h2-3,8-9,11,16H,4-7H2,1H3. The minimum Gasteiger partial charge on any atom is -0.361 e. The van der Waals surface area contributed by atoms with E-state index in [1.54, 1.807) is 35.4 Å². The van der Waals surface area contributed by atoms with Gasteiger partial charge in [0, 0.05) is 25.2 Å². The second-order valence-corrected chi connectivity index (χ2v) is 8.33. The molecule has 0 atom stereocenters. The second kappa shape index (κ2) is 6.42. The van der Waals surface area contributed by atoms with E-state index in [0.29, 0.717) is 41.6 Å². The lowest BCUT2D eigenvalue weighted by molar-refractivity contribution is 0.0701. The summed E-state index contributed by atoms with van der Waals surface area (Å²) in [4.78, 5) is 13.9. The second-order valence-electron chi connectivity index (χ2n) is 5.44. The van der Waals surface area contributed by atoms with Gasteiger partial charge in [0.15, 0.2) is 5.69 Å². The molecule has 0 aliphatic carbocycles. The van der Waals surface area contributed by atoms with Crippen molar-refractivity contribution in [2.75, 3.05) is 13.1 Å². The van der Waals surface area contributed by atoms with Crippen molar-refractivity contribution in [3.05, 3.63) is 35.0 Å². The molecule has 1 amide bonds. The molecule has 124 valence electrons. The number of likely N-dealkylation sites (tertiary alicyclic amines) is 1. The van der Waals surface area contributed by atoms with Crippen molar-refractivity contribution in [3.63, 3.8) is 0 Å². The van der Waals surface area contributed by atoms with Gasteiger partial charge in [0.1, 0.15) is 9.97 Å². The zero-order chi connectivity index (χ0) is 16.4. The third kappa shape index (κ3) is 3.62. The van der Waals surface area contributed by atoms with Crippen molar-refractivity contribution in [2.24, 2.45) is 0 Å². The van der Waals surface area contributed by atoms with Gasteiger partial charge in [0.25, 0.3) is 5.91 Å². The van der Waals surface area contributed by atoms with E-state index in [1.165, 1.54) is 11.3 Å². The van der Waals surface area contributed by atoms with Crippen molar-refractivity contribution < 1.29 is 17.7 Å². The highest BCUT2D eigenvalue weighted by Crippen LogP contribution is 2.19. The van der Waals surface area contributed by atoms with Crippen LogP contribution in [0.1, 0.15) is 29.1 Å². The topological polar surface area (TPSA) is 92.5 Å². The molecule has 2 aromatic heterocycles. The summed E-state index contributed by atoms with van der Waals surface area (Å²) in [7, 11) is -3.47. The predicted molar refractivity (Wildman–Crippen MR) is 84.8 cm³/mol. The van der Waals surface area contributed by atoms with Crippen molar-refractivity contribution in [2.45, 2.75) is 30.0 Å². The summed E-state index contributed by atoms with van der Waals surface area (Å²) >= 11 is 1.19. The molecule has 0 radical (unpaired) electrons. The number of rotatable bonds is 4. The summed E-state index contributed by atoms with van der Waals surface area (Å²) in [5.41, 5.74) is 0.292. The molecule has 0 saturated carbocycles. The van der Waals surface area contributed by atoms with Gasteiger partial charge in [-0.25, -0.2) is 13.1 Å². The van der Waals surface area contributed by atoms with Crippen LogP contribution in [0, 0.1) is 6.92 Å². The first-order valence-corrected chi connectivity index (χ1v) is 9.60. The van der Waals surface area contributed by atoms with Gasteiger partial charge in [-0.1, -0.05) is 11.2 Å². The van der Waals surface area contributed by atoms with Crippen LogP contribution < -0.4 is 4.72 Å². The number of sulfonamides is 1. The monoisotopic (exact) mass is 355 g/mol. The van der Waals surface area contributed by atoms with Crippen molar-refractivity contribution in [1.82, 2.24) is 14.8 Å². The summed E-state index contributed by atoms with van der Waals surface area (Å²) in [6.07, 6.45) is 1.15. The molecule has 3 rings (SSSR count). The molecule has 1 aliphatic rings. The Hall–Kier alpha value is -1.71. The molecule has 0 aromatic carbocycles. The Balaban J connectivity index is 1.57. The molecule has 1 N–H and O–H groups in total. The highest BCUT2D eigenvalue weighted by Gasteiger charge is 2.28. The maximum absolute atomic E-state index is 12.3. The first-order valence-electron chi connectivity index (χ1n) is 7.24. The van der Waals surface area contributed by atoms with Gasteiger partial charge in [0.2, 0.25) is 10.0 Å². The molecule has 7 nitrogen and oxygen atoms in total. The third-order valence-corrected chi connectivity index (χ3v) is 6.63. The van der Waals surface area contributed by atoms with Gasteiger partial charge in [-0.15, -0.1) is 11.3 Å². The number of aryl methyl sites for hydroxylation is 1. The minimum atomic E-state index is -3.47. The minimum absolute atomic E-state index is 0.162. The molecule has 0 spiro atoms. The maximum Gasteiger partial charge on any atom is 0.276 e. The van der Waals surface area contributed by atoms with E-state index in [-0.39, 0.29) is 11.9 Å². The quantitative estimate of drug-likeness (QED) is 0.900. The Morgan fingerprint density at radius 2 is 2.17 bits per heavy atom. The first kappa shape index (κ1) is 16.2. The summed E-state index contributed by atoms with van der Waals surface area (Å²) in [5.74, 6) is 0.411. The first-order chi connectivity index (χ1) is 11.0. The van der Waals surface area contributed by atoms with E-state index in [2.05, 4.69) is 9.88 Å². The maximum atomic E-state index is 12.3. The van der Waals surface area contributed by atoms with Crippen LogP contribution in [-0.2, 0) is 10.0 Å². The Morgan fingerprint density at radius 3 is 2.74 bits per heavy atom. The highest BCUT2D eigenvalue weighted by atomic mass is 32.2. The number of aromatic nitrogens is 1. The van der Waals surface area contributed by atoms with Crippen LogP contribution in [0.3, 0.4) is 0 Å². The lowest BCUT2D eigenvalue weighted by atomic mass is 10.1. The highest BCUT2D eigenvalue weighted by molar-refractivity contribution is 7.91. The normalized spacial score (nSPS) is 16.7. The molecular weight excluding hydrogens is 338 g/mol. The number of thiophene rings is 1. The molecular formula is C14H17N3O4S2. The number of hydrogen-bond acceptors (Lipinski definition) is 6. The average Bonchev–Trinajstić information content (AvgIpc) is 3.18. The number of amides is 1. The van der Waals surface area contributed by atoms with E-state index in [4.69, 9.17) is 4.52 Å². The molecule has 23 heavy (non-hydrogen) atoms. The molecule has 0 bridgehead atoms. The Bertz CT molecular complexity index is 775. The smallest absolute Gasteiger partial charge is 0.276 e. The van der Waals surface area contributed by atoms with Crippen LogP contribution in [0.25, 0.3) is 0 Å². The predicted octanol–water partition coefficient (Wildman–Crippen LogP) is 1.63. The van der Waals surface area contributed by atoms with E-state index in [0.717, 1.165) is 0 Å². The van der Waals surface area contributed by atoms with E-state index < -0.39 is 10.0 Å². The Morgan fingerprint density at radius 1 is 1.43 bits per heavy atom. The van der Waals surface area contributed by atoms with Crippen LogP contribution in [0.4, 0.5) is 0 Å². The summed E-state index contributed by atoms with van der Waals surface area (Å²) in [6, 6.07) is 4.73. The van der Waals surface area contributed by atoms with Crippen LogP contribution in [0.5, 0.6) is 0 Å². The van der Waals surface area contributed by atoms with Crippen LogP contribution in [0.15, 0.2) is 32.3 Å². The molecule has 2 aromatic rings. The van der Waals surface area contributed by atoms with Gasteiger partial charge in [-0.3, -0.25) is 4.79 Å². The van der Waals surface area contributed by atoms with Crippen molar-refractivity contribution in [1.29, 1.82) is 0 Å². The molecule has 3 heterocycles. The molecule has 0 unspecified atom stereocenters. The van der Waals surface area contributed by atoms with Crippen LogP contribution in [-0.4, -0.2) is 43.5 Å². The van der Waals surface area contributed by atoms with E-state index in [9.17, 15) is 13.2 Å². The number of nitrogens with one attached hydrogen (secondary N) is 1. The van der Waals surface area contributed by atoms with Gasteiger partial charge < -0.3 is 9.42 Å². The average molecular weight is 355 g/mol. The number of carbonyl (C=O) groups is 1. The van der Waals surface area contributed by atoms with E-state index in [1.807, 2.05) is 0 Å². The van der Waals surface area contributed by atoms with Gasteiger partial charge in [-0.2, -0.15) is 0 Å². The van der Waals surface area contributed by atoms with Gasteiger partial charge >= 0.3 is 0 Å². The SMILES string of the molecule is Cc1cc(C(=O)N2CCC(NS(=O)(=O)c3cccs3)CC2)no1. The fourth-order valence-electron chi connectivity index (χ4n) is 2.52. The molecule has 1 aliphatic heterocycles. The van der Waals surface area contributed by atoms with E-state index >= 15 is 0 Å². The number of piperidine rings is 1. The number of carbonyl (C=O) groups excluding carboxylic acids is 1. The zero-order valence-corrected chi connectivity index (χ0v) is 14.2. The largest absolute Gasteiger partial charge is 0.361 e. The Labute approximate surface area is 138 Å². The van der Waals surface area contributed by atoms with Crippen LogP contribution in [0.2, 0.25) is 0 Å². The lowest BCUT2D eigenvalue weighted by Crippen LogP contribution is -2.46. The third-order valence-electron chi connectivity index (χ3n) is 3.71. The van der Waals surface area contributed by atoms with Crippen LogP contribution >= 0.6 is 11.3 Å². The molecule has 1 fully saturated rings. The fraction of sp³-hybridized carbons (Fsp3) is 0.429.